The van der Waals surface area contributed by atoms with Gasteiger partial charge in [0.1, 0.15) is 17.6 Å². The average Bonchev–Trinajstić information content (AvgIpc) is 3.44. The minimum atomic E-state index is -0.548. The van der Waals surface area contributed by atoms with Crippen molar-refractivity contribution < 1.29 is 18.7 Å². The van der Waals surface area contributed by atoms with Gasteiger partial charge in [0, 0.05) is 49.6 Å². The molecule has 41 heavy (non-hydrogen) atoms. The maximum atomic E-state index is 13.8. The number of carbonyl (C=O) groups is 2. The van der Waals surface area contributed by atoms with Crippen LogP contribution in [0.3, 0.4) is 0 Å². The average molecular weight is 577 g/mol. The van der Waals surface area contributed by atoms with Gasteiger partial charge >= 0.3 is 6.09 Å². The van der Waals surface area contributed by atoms with E-state index < -0.39 is 11.9 Å². The van der Waals surface area contributed by atoms with Crippen molar-refractivity contribution in [3.8, 4) is 11.8 Å². The predicted octanol–water partition coefficient (Wildman–Crippen LogP) is 4.87. The molecule has 0 saturated carbocycles. The number of likely N-dealkylation sites (N-methyl/N-ethyl adjacent to an activating group) is 1. The molecule has 9 nitrogen and oxygen atoms in total. The summed E-state index contributed by atoms with van der Waals surface area (Å²) in [5.41, 5.74) is 1.39. The highest BCUT2D eigenvalue weighted by atomic mass is 35.5. The standard InChI is InChI=1S/C30H30ClFN6O3/c1-2-38(30(40)41-25-9-7-24(32)8-10-25)27-19-37(18-26(27)21-3-5-23(31)6-4-21)28(39)22-11-13-36(14-12-22)29-34-16-20(15-33)17-35-29/h3-10,16-17,22,26-27H,2,11-14,18-19H2,1H3/t26-,27+/m0/s1. The van der Waals surface area contributed by atoms with E-state index >= 15 is 0 Å². The molecule has 2 atom stereocenters. The molecule has 2 saturated heterocycles. The van der Waals surface area contributed by atoms with E-state index in [4.69, 9.17) is 21.6 Å². The van der Waals surface area contributed by atoms with Crippen molar-refractivity contribution in [2.75, 3.05) is 37.6 Å². The summed E-state index contributed by atoms with van der Waals surface area (Å²) in [6, 6.07) is 14.5. The van der Waals surface area contributed by atoms with Gasteiger partial charge < -0.3 is 19.4 Å². The molecule has 1 aromatic heterocycles. The maximum absolute atomic E-state index is 13.8. The minimum absolute atomic E-state index is 0.0646. The van der Waals surface area contributed by atoms with Gasteiger partial charge in [0.2, 0.25) is 11.9 Å². The highest BCUT2D eigenvalue weighted by Gasteiger charge is 2.43. The van der Waals surface area contributed by atoms with Gasteiger partial charge in [-0.15, -0.1) is 0 Å². The van der Waals surface area contributed by atoms with Gasteiger partial charge in [-0.1, -0.05) is 23.7 Å². The minimum Gasteiger partial charge on any atom is -0.410 e. The number of benzene rings is 2. The van der Waals surface area contributed by atoms with Crippen LogP contribution in [-0.2, 0) is 4.79 Å². The number of rotatable bonds is 6. The van der Waals surface area contributed by atoms with Gasteiger partial charge in [0.05, 0.1) is 24.0 Å². The molecule has 0 aliphatic carbocycles. The van der Waals surface area contributed by atoms with Crippen molar-refractivity contribution in [1.82, 2.24) is 19.8 Å². The summed E-state index contributed by atoms with van der Waals surface area (Å²) in [6.45, 7) is 4.34. The normalized spacial score (nSPS) is 19.1. The van der Waals surface area contributed by atoms with Crippen LogP contribution in [0, 0.1) is 23.1 Å². The molecule has 2 fully saturated rings. The molecule has 212 valence electrons. The fourth-order valence-electron chi connectivity index (χ4n) is 5.61. The first-order chi connectivity index (χ1) is 19.9. The molecule has 2 aromatic carbocycles. The topological polar surface area (TPSA) is 103 Å². The maximum Gasteiger partial charge on any atom is 0.415 e. The number of likely N-dealkylation sites (tertiary alicyclic amines) is 1. The van der Waals surface area contributed by atoms with E-state index in [1.807, 2.05) is 47.1 Å². The Morgan fingerprint density at radius 1 is 1.07 bits per heavy atom. The lowest BCUT2D eigenvalue weighted by Crippen LogP contribution is -2.47. The van der Waals surface area contributed by atoms with E-state index in [9.17, 15) is 14.0 Å². The van der Waals surface area contributed by atoms with E-state index in [0.29, 0.717) is 62.1 Å². The molecular formula is C30H30ClFN6O3. The molecule has 3 heterocycles. The molecule has 0 unspecified atom stereocenters. The third-order valence-electron chi connectivity index (χ3n) is 7.79. The van der Waals surface area contributed by atoms with Crippen molar-refractivity contribution >= 4 is 29.5 Å². The van der Waals surface area contributed by atoms with Gasteiger partial charge in [-0.05, 0) is 61.7 Å². The molecule has 5 rings (SSSR count). The van der Waals surface area contributed by atoms with Crippen LogP contribution in [0.2, 0.25) is 5.02 Å². The quantitative estimate of drug-likeness (QED) is 0.412. The SMILES string of the molecule is CCN(C(=O)Oc1ccc(F)cc1)[C@@H]1CN(C(=O)C2CCN(c3ncc(C#N)cn3)CC2)C[C@H]1c1ccc(Cl)cc1. The Labute approximate surface area is 243 Å². The van der Waals surface area contributed by atoms with Crippen molar-refractivity contribution in [1.29, 1.82) is 5.26 Å². The van der Waals surface area contributed by atoms with Gasteiger partial charge in [-0.25, -0.2) is 19.2 Å². The van der Waals surface area contributed by atoms with Crippen LogP contribution in [0.15, 0.2) is 60.9 Å². The first kappa shape index (κ1) is 28.3. The molecule has 3 aromatic rings. The molecule has 0 N–H and O–H groups in total. The van der Waals surface area contributed by atoms with Gasteiger partial charge in [0.15, 0.2) is 0 Å². The Morgan fingerprint density at radius 2 is 1.73 bits per heavy atom. The number of hydrogen-bond acceptors (Lipinski definition) is 7. The highest BCUT2D eigenvalue weighted by Crippen LogP contribution is 2.34. The van der Waals surface area contributed by atoms with Crippen LogP contribution in [0.25, 0.3) is 0 Å². The Kier molecular flexibility index (Phi) is 8.64. The number of nitrogens with zero attached hydrogens (tertiary/aromatic N) is 6. The summed E-state index contributed by atoms with van der Waals surface area (Å²) in [7, 11) is 0. The second-order valence-electron chi connectivity index (χ2n) is 10.2. The van der Waals surface area contributed by atoms with Crippen LogP contribution in [0.4, 0.5) is 15.1 Å². The lowest BCUT2D eigenvalue weighted by molar-refractivity contribution is -0.135. The van der Waals surface area contributed by atoms with Crippen LogP contribution >= 0.6 is 11.6 Å². The number of ether oxygens (including phenoxy) is 1. The second-order valence-corrected chi connectivity index (χ2v) is 10.7. The predicted molar refractivity (Wildman–Crippen MR) is 151 cm³/mol. The van der Waals surface area contributed by atoms with Crippen LogP contribution < -0.4 is 9.64 Å². The number of aromatic nitrogens is 2. The van der Waals surface area contributed by atoms with E-state index in [1.54, 1.807) is 4.90 Å². The summed E-state index contributed by atoms with van der Waals surface area (Å²) >= 11 is 6.15. The lowest BCUT2D eigenvalue weighted by Gasteiger charge is -2.33. The van der Waals surface area contributed by atoms with Crippen molar-refractivity contribution in [3.63, 3.8) is 0 Å². The summed E-state index contributed by atoms with van der Waals surface area (Å²) in [4.78, 5) is 41.1. The van der Waals surface area contributed by atoms with Gasteiger partial charge in [-0.3, -0.25) is 4.79 Å². The van der Waals surface area contributed by atoms with Crippen LogP contribution in [-0.4, -0.2) is 70.5 Å². The molecule has 0 bridgehead atoms. The van der Waals surface area contributed by atoms with E-state index in [2.05, 4.69) is 9.97 Å². The lowest BCUT2D eigenvalue weighted by atomic mass is 9.93. The molecule has 2 aliphatic heterocycles. The Morgan fingerprint density at radius 3 is 2.34 bits per heavy atom. The third-order valence-corrected chi connectivity index (χ3v) is 8.04. The summed E-state index contributed by atoms with van der Waals surface area (Å²) in [5.74, 6) is 0.161. The molecule has 2 aliphatic rings. The Bertz CT molecular complexity index is 1410. The zero-order valence-corrected chi connectivity index (χ0v) is 23.4. The number of piperidine rings is 1. The summed E-state index contributed by atoms with van der Waals surface area (Å²) in [5, 5.41) is 9.59. The van der Waals surface area contributed by atoms with E-state index in [1.165, 1.54) is 36.7 Å². The number of carbonyl (C=O) groups excluding carboxylic acids is 2. The second kappa shape index (κ2) is 12.5. The van der Waals surface area contributed by atoms with E-state index in [0.717, 1.165) is 5.56 Å². The molecule has 0 spiro atoms. The fraction of sp³-hybridized carbons (Fsp3) is 0.367. The first-order valence-corrected chi connectivity index (χ1v) is 14.0. The van der Waals surface area contributed by atoms with Gasteiger partial charge in [-0.2, -0.15) is 5.26 Å². The zero-order chi connectivity index (χ0) is 28.9. The zero-order valence-electron chi connectivity index (χ0n) is 22.6. The van der Waals surface area contributed by atoms with Crippen LogP contribution in [0.5, 0.6) is 5.75 Å². The fourth-order valence-corrected chi connectivity index (χ4v) is 5.73. The number of halogens is 2. The molecule has 2 amide bonds. The number of hydrogen-bond donors (Lipinski definition) is 0. The summed E-state index contributed by atoms with van der Waals surface area (Å²) < 4.78 is 18.9. The molecular weight excluding hydrogens is 547 g/mol. The first-order valence-electron chi connectivity index (χ1n) is 13.6. The number of amides is 2. The molecule has 11 heteroatoms. The molecule has 0 radical (unpaired) electrons. The monoisotopic (exact) mass is 576 g/mol. The number of anilines is 1. The Balaban J connectivity index is 1.30. The summed E-state index contributed by atoms with van der Waals surface area (Å²) in [6.07, 6.45) is 3.76. The van der Waals surface area contributed by atoms with Crippen molar-refractivity contribution in [2.45, 2.75) is 31.7 Å². The van der Waals surface area contributed by atoms with Crippen molar-refractivity contribution in [2.24, 2.45) is 5.92 Å². The van der Waals surface area contributed by atoms with Gasteiger partial charge in [0.25, 0.3) is 0 Å². The largest absolute Gasteiger partial charge is 0.415 e. The van der Waals surface area contributed by atoms with Crippen LogP contribution in [0.1, 0.15) is 36.8 Å². The Hall–Kier alpha value is -4.23. The highest BCUT2D eigenvalue weighted by molar-refractivity contribution is 6.30. The van der Waals surface area contributed by atoms with E-state index in [-0.39, 0.29) is 29.5 Å². The smallest absolute Gasteiger partial charge is 0.410 e. The van der Waals surface area contributed by atoms with Crippen molar-refractivity contribution in [3.05, 3.63) is 82.9 Å². The third kappa shape index (κ3) is 6.41. The number of nitriles is 1.